The molecule has 1 unspecified atom stereocenters. The standard InChI is InChI=1S/C16H18BrN3O/c1-16(2,3)13-12(17)14(18)20-15(19-13)10-8-21-11-7-5-4-6-9(10)11/h4-7,10H,8H2,1-3H3,(H2,18,19,20). The number of ether oxygens (including phenoxy) is 1. The van der Waals surface area contributed by atoms with Crippen molar-refractivity contribution >= 4 is 21.7 Å². The molecule has 4 nitrogen and oxygen atoms in total. The maximum absolute atomic E-state index is 6.07. The van der Waals surface area contributed by atoms with Gasteiger partial charge in [-0.2, -0.15) is 0 Å². The summed E-state index contributed by atoms with van der Waals surface area (Å²) < 4.78 is 6.51. The van der Waals surface area contributed by atoms with E-state index < -0.39 is 0 Å². The minimum Gasteiger partial charge on any atom is -0.492 e. The molecule has 3 rings (SSSR count). The summed E-state index contributed by atoms with van der Waals surface area (Å²) in [5, 5.41) is 0. The third kappa shape index (κ3) is 2.50. The molecule has 1 aliphatic rings. The Labute approximate surface area is 132 Å². The maximum Gasteiger partial charge on any atom is 0.142 e. The van der Waals surface area contributed by atoms with E-state index in [0.29, 0.717) is 12.4 Å². The summed E-state index contributed by atoms with van der Waals surface area (Å²) in [4.78, 5) is 9.23. The predicted molar refractivity (Wildman–Crippen MR) is 86.6 cm³/mol. The largest absolute Gasteiger partial charge is 0.492 e. The van der Waals surface area contributed by atoms with Gasteiger partial charge in [0.1, 0.15) is 24.0 Å². The molecule has 5 heteroatoms. The van der Waals surface area contributed by atoms with E-state index in [-0.39, 0.29) is 11.3 Å². The van der Waals surface area contributed by atoms with Crippen LogP contribution in [0.4, 0.5) is 5.82 Å². The van der Waals surface area contributed by atoms with E-state index in [2.05, 4.69) is 47.8 Å². The fraction of sp³-hybridized carbons (Fsp3) is 0.375. The van der Waals surface area contributed by atoms with Gasteiger partial charge in [-0.3, -0.25) is 0 Å². The number of nitrogen functional groups attached to an aromatic ring is 1. The molecule has 2 heterocycles. The number of nitrogens with two attached hydrogens (primary N) is 1. The Bertz CT molecular complexity index is 694. The van der Waals surface area contributed by atoms with E-state index >= 15 is 0 Å². The van der Waals surface area contributed by atoms with Gasteiger partial charge in [0.2, 0.25) is 0 Å². The first-order chi connectivity index (χ1) is 9.88. The lowest BCUT2D eigenvalue weighted by Gasteiger charge is -2.22. The fourth-order valence-electron chi connectivity index (χ4n) is 2.51. The van der Waals surface area contributed by atoms with Crippen molar-refractivity contribution < 1.29 is 4.74 Å². The molecule has 0 aliphatic carbocycles. The number of benzene rings is 1. The average Bonchev–Trinajstić information content (AvgIpc) is 2.84. The van der Waals surface area contributed by atoms with E-state index in [1.54, 1.807) is 0 Å². The Kier molecular flexibility index (Phi) is 3.40. The molecule has 110 valence electrons. The zero-order valence-electron chi connectivity index (χ0n) is 12.4. The molecule has 2 aromatic rings. The second-order valence-corrected chi connectivity index (χ2v) is 7.07. The van der Waals surface area contributed by atoms with Crippen molar-refractivity contribution in [3.63, 3.8) is 0 Å². The van der Waals surface area contributed by atoms with Gasteiger partial charge in [-0.15, -0.1) is 0 Å². The number of nitrogens with zero attached hydrogens (tertiary/aromatic N) is 2. The molecule has 1 aromatic carbocycles. The van der Waals surface area contributed by atoms with Gasteiger partial charge in [0.15, 0.2) is 0 Å². The van der Waals surface area contributed by atoms with Gasteiger partial charge in [-0.05, 0) is 22.0 Å². The molecule has 0 radical (unpaired) electrons. The number of para-hydroxylation sites is 1. The highest BCUT2D eigenvalue weighted by Gasteiger charge is 2.30. The van der Waals surface area contributed by atoms with Crippen molar-refractivity contribution in [1.82, 2.24) is 9.97 Å². The van der Waals surface area contributed by atoms with Crippen LogP contribution in [0.25, 0.3) is 0 Å². The van der Waals surface area contributed by atoms with Crippen molar-refractivity contribution in [1.29, 1.82) is 0 Å². The van der Waals surface area contributed by atoms with Gasteiger partial charge in [0.25, 0.3) is 0 Å². The highest BCUT2D eigenvalue weighted by molar-refractivity contribution is 9.10. The first kappa shape index (κ1) is 14.3. The van der Waals surface area contributed by atoms with Crippen molar-refractivity contribution in [3.8, 4) is 5.75 Å². The van der Waals surface area contributed by atoms with Crippen LogP contribution in [0.2, 0.25) is 0 Å². The quantitative estimate of drug-likeness (QED) is 0.855. The Morgan fingerprint density at radius 1 is 1.24 bits per heavy atom. The van der Waals surface area contributed by atoms with Gasteiger partial charge in [0.05, 0.1) is 16.1 Å². The zero-order chi connectivity index (χ0) is 15.2. The molecule has 1 aliphatic heterocycles. The molecule has 0 amide bonds. The van der Waals surface area contributed by atoms with Crippen LogP contribution in [-0.2, 0) is 5.41 Å². The maximum atomic E-state index is 6.07. The van der Waals surface area contributed by atoms with Crippen LogP contribution in [0.15, 0.2) is 28.7 Å². The fourth-order valence-corrected chi connectivity index (χ4v) is 3.28. The van der Waals surface area contributed by atoms with Crippen LogP contribution < -0.4 is 10.5 Å². The van der Waals surface area contributed by atoms with E-state index in [1.807, 2.05) is 18.2 Å². The van der Waals surface area contributed by atoms with E-state index in [1.165, 1.54) is 0 Å². The zero-order valence-corrected chi connectivity index (χ0v) is 13.9. The van der Waals surface area contributed by atoms with Crippen molar-refractivity contribution in [3.05, 3.63) is 45.8 Å². The third-order valence-corrected chi connectivity index (χ3v) is 4.40. The number of rotatable bonds is 1. The summed E-state index contributed by atoms with van der Waals surface area (Å²) in [5.41, 5.74) is 8.01. The predicted octanol–water partition coefficient (Wildman–Crippen LogP) is 3.64. The molecule has 2 N–H and O–H groups in total. The Hall–Kier alpha value is -1.62. The third-order valence-electron chi connectivity index (χ3n) is 3.62. The number of anilines is 1. The number of halogens is 1. The molecular formula is C16H18BrN3O. The molecule has 1 aromatic heterocycles. The summed E-state index contributed by atoms with van der Waals surface area (Å²) in [6, 6.07) is 8.01. The van der Waals surface area contributed by atoms with Crippen molar-refractivity contribution in [2.24, 2.45) is 0 Å². The molecule has 1 atom stereocenters. The first-order valence-electron chi connectivity index (χ1n) is 6.93. The van der Waals surface area contributed by atoms with Gasteiger partial charge in [0, 0.05) is 11.0 Å². The van der Waals surface area contributed by atoms with Crippen LogP contribution in [0, 0.1) is 0 Å². The summed E-state index contributed by atoms with van der Waals surface area (Å²) >= 11 is 3.51. The minimum atomic E-state index is -0.108. The Morgan fingerprint density at radius 2 is 1.95 bits per heavy atom. The molecule has 0 bridgehead atoms. The smallest absolute Gasteiger partial charge is 0.142 e. The van der Waals surface area contributed by atoms with Crippen LogP contribution in [0.3, 0.4) is 0 Å². The number of aromatic nitrogens is 2. The molecule has 0 saturated carbocycles. The molecule has 0 fully saturated rings. The average molecular weight is 348 g/mol. The van der Waals surface area contributed by atoms with E-state index in [0.717, 1.165) is 27.3 Å². The van der Waals surface area contributed by atoms with Gasteiger partial charge in [-0.25, -0.2) is 9.97 Å². The lowest BCUT2D eigenvalue weighted by Crippen LogP contribution is -2.20. The second kappa shape index (κ2) is 4.98. The Morgan fingerprint density at radius 3 is 2.67 bits per heavy atom. The lowest BCUT2D eigenvalue weighted by atomic mass is 9.91. The normalized spacial score (nSPS) is 17.4. The molecule has 0 saturated heterocycles. The number of fused-ring (bicyclic) bond motifs is 1. The number of hydrogen-bond donors (Lipinski definition) is 1. The van der Waals surface area contributed by atoms with Gasteiger partial charge < -0.3 is 10.5 Å². The monoisotopic (exact) mass is 347 g/mol. The van der Waals surface area contributed by atoms with Gasteiger partial charge in [-0.1, -0.05) is 39.0 Å². The summed E-state index contributed by atoms with van der Waals surface area (Å²) in [7, 11) is 0. The van der Waals surface area contributed by atoms with Crippen molar-refractivity contribution in [2.75, 3.05) is 12.3 Å². The summed E-state index contributed by atoms with van der Waals surface area (Å²) in [6.45, 7) is 6.90. The molecule has 0 spiro atoms. The summed E-state index contributed by atoms with van der Waals surface area (Å²) in [5.74, 6) is 2.16. The Balaban J connectivity index is 2.11. The van der Waals surface area contributed by atoms with E-state index in [4.69, 9.17) is 15.5 Å². The van der Waals surface area contributed by atoms with Crippen molar-refractivity contribution in [2.45, 2.75) is 32.1 Å². The minimum absolute atomic E-state index is 0.0395. The van der Waals surface area contributed by atoms with Gasteiger partial charge >= 0.3 is 0 Å². The van der Waals surface area contributed by atoms with Crippen LogP contribution in [-0.4, -0.2) is 16.6 Å². The summed E-state index contributed by atoms with van der Waals surface area (Å²) in [6.07, 6.45) is 0. The topological polar surface area (TPSA) is 61.0 Å². The molecular weight excluding hydrogens is 330 g/mol. The van der Waals surface area contributed by atoms with Crippen LogP contribution >= 0.6 is 15.9 Å². The van der Waals surface area contributed by atoms with Crippen LogP contribution in [0.5, 0.6) is 5.75 Å². The highest BCUT2D eigenvalue weighted by Crippen LogP contribution is 2.39. The first-order valence-corrected chi connectivity index (χ1v) is 7.72. The number of hydrogen-bond acceptors (Lipinski definition) is 4. The second-order valence-electron chi connectivity index (χ2n) is 6.28. The van der Waals surface area contributed by atoms with Crippen LogP contribution in [0.1, 0.15) is 43.8 Å². The lowest BCUT2D eigenvalue weighted by molar-refractivity contribution is 0.339. The van der Waals surface area contributed by atoms with E-state index in [9.17, 15) is 0 Å². The SMILES string of the molecule is CC(C)(C)c1nc(C2COc3ccccc32)nc(N)c1Br. The highest BCUT2D eigenvalue weighted by atomic mass is 79.9. The molecule has 21 heavy (non-hydrogen) atoms.